The van der Waals surface area contributed by atoms with Crippen LogP contribution in [-0.4, -0.2) is 38.9 Å². The molecule has 0 bridgehead atoms. The molecule has 18 heavy (non-hydrogen) atoms. The summed E-state index contributed by atoms with van der Waals surface area (Å²) in [5.74, 6) is 0.321. The molecule has 0 saturated carbocycles. The van der Waals surface area contributed by atoms with Gasteiger partial charge in [-0.25, -0.2) is 0 Å². The number of nitrogens with zero attached hydrogens (tertiary/aromatic N) is 1. The largest absolute Gasteiger partial charge is 0.295 e. The molecule has 0 fully saturated rings. The first-order valence-electron chi connectivity index (χ1n) is 6.40. The quantitative estimate of drug-likeness (QED) is 0.761. The first-order valence-corrected chi connectivity index (χ1v) is 9.90. The van der Waals surface area contributed by atoms with E-state index in [-0.39, 0.29) is 0 Å². The van der Waals surface area contributed by atoms with E-state index in [1.54, 1.807) is 0 Å². The van der Waals surface area contributed by atoms with Crippen molar-refractivity contribution < 1.29 is 4.79 Å². The third-order valence-electron chi connectivity index (χ3n) is 3.29. The standard InChI is InChI=1S/C15H21NOSi/c1-16-10-13(12-8-6-5-7-9-12)15(14(17)11-16)18(2,3)4/h5-9H,10-11H2,1-4H3. The normalized spacial score (nSPS) is 18.3. The Labute approximate surface area is 110 Å². The first kappa shape index (κ1) is 13.2. The maximum Gasteiger partial charge on any atom is 0.169 e. The maximum absolute atomic E-state index is 12.4. The molecule has 1 aromatic rings. The number of benzene rings is 1. The molecule has 1 aromatic carbocycles. The zero-order valence-corrected chi connectivity index (χ0v) is 12.7. The van der Waals surface area contributed by atoms with Crippen molar-refractivity contribution in [1.29, 1.82) is 0 Å². The Morgan fingerprint density at radius 1 is 1.06 bits per heavy atom. The third kappa shape index (κ3) is 2.62. The second-order valence-electron chi connectivity index (χ2n) is 6.07. The second kappa shape index (κ2) is 4.82. The van der Waals surface area contributed by atoms with Crippen LogP contribution in [0.15, 0.2) is 35.5 Å². The van der Waals surface area contributed by atoms with Crippen molar-refractivity contribution in [3.05, 3.63) is 41.1 Å². The smallest absolute Gasteiger partial charge is 0.169 e. The predicted molar refractivity (Wildman–Crippen MR) is 79.2 cm³/mol. The van der Waals surface area contributed by atoms with Gasteiger partial charge in [0.25, 0.3) is 0 Å². The Balaban J connectivity index is 2.59. The molecule has 96 valence electrons. The number of hydrogen-bond donors (Lipinski definition) is 0. The lowest BCUT2D eigenvalue weighted by atomic mass is 10.0. The van der Waals surface area contributed by atoms with E-state index in [0.717, 1.165) is 11.7 Å². The lowest BCUT2D eigenvalue weighted by molar-refractivity contribution is -0.116. The summed E-state index contributed by atoms with van der Waals surface area (Å²) in [4.78, 5) is 14.5. The van der Waals surface area contributed by atoms with Gasteiger partial charge in [0.2, 0.25) is 0 Å². The lowest BCUT2D eigenvalue weighted by Gasteiger charge is -2.32. The summed E-state index contributed by atoms with van der Waals surface area (Å²) in [7, 11) is 0.424. The zero-order chi connectivity index (χ0) is 13.3. The van der Waals surface area contributed by atoms with Gasteiger partial charge in [-0.2, -0.15) is 0 Å². The van der Waals surface area contributed by atoms with Crippen LogP contribution in [0.1, 0.15) is 5.56 Å². The van der Waals surface area contributed by atoms with Crippen molar-refractivity contribution >= 4 is 19.4 Å². The zero-order valence-electron chi connectivity index (χ0n) is 11.7. The summed E-state index contributed by atoms with van der Waals surface area (Å²) in [6.07, 6.45) is 0. The highest BCUT2D eigenvalue weighted by Gasteiger charge is 2.33. The number of carbonyl (C=O) groups is 1. The molecule has 0 radical (unpaired) electrons. The molecule has 1 aliphatic heterocycles. The number of carbonyl (C=O) groups excluding carboxylic acids is 1. The van der Waals surface area contributed by atoms with Crippen LogP contribution < -0.4 is 0 Å². The lowest BCUT2D eigenvalue weighted by Crippen LogP contribution is -2.42. The summed E-state index contributed by atoms with van der Waals surface area (Å²) >= 11 is 0. The van der Waals surface area contributed by atoms with Crippen LogP contribution in [0.5, 0.6) is 0 Å². The molecule has 3 heteroatoms. The van der Waals surface area contributed by atoms with E-state index < -0.39 is 8.07 Å². The van der Waals surface area contributed by atoms with Crippen LogP contribution in [0, 0.1) is 0 Å². The molecule has 2 nitrogen and oxygen atoms in total. The Morgan fingerprint density at radius 3 is 2.22 bits per heavy atom. The third-order valence-corrected chi connectivity index (χ3v) is 5.38. The van der Waals surface area contributed by atoms with Gasteiger partial charge >= 0.3 is 0 Å². The summed E-state index contributed by atoms with van der Waals surface area (Å²) in [6.45, 7) is 8.22. The van der Waals surface area contributed by atoms with Crippen molar-refractivity contribution in [3.63, 3.8) is 0 Å². The summed E-state index contributed by atoms with van der Waals surface area (Å²) in [5.41, 5.74) is 2.45. The van der Waals surface area contributed by atoms with Gasteiger partial charge in [-0.1, -0.05) is 50.0 Å². The van der Waals surface area contributed by atoms with Gasteiger partial charge in [-0.15, -0.1) is 0 Å². The fraction of sp³-hybridized carbons (Fsp3) is 0.400. The van der Waals surface area contributed by atoms with Crippen molar-refractivity contribution in [1.82, 2.24) is 4.90 Å². The van der Waals surface area contributed by atoms with E-state index in [4.69, 9.17) is 0 Å². The minimum atomic E-state index is -1.59. The molecular weight excluding hydrogens is 238 g/mol. The van der Waals surface area contributed by atoms with Gasteiger partial charge in [0.05, 0.1) is 14.6 Å². The monoisotopic (exact) mass is 259 g/mol. The van der Waals surface area contributed by atoms with Crippen molar-refractivity contribution in [2.24, 2.45) is 0 Å². The van der Waals surface area contributed by atoms with Gasteiger partial charge in [-0.05, 0) is 23.4 Å². The average molecular weight is 259 g/mol. The van der Waals surface area contributed by atoms with Crippen LogP contribution >= 0.6 is 0 Å². The molecule has 0 saturated heterocycles. The molecule has 1 aliphatic rings. The fourth-order valence-corrected chi connectivity index (χ4v) is 4.69. The van der Waals surface area contributed by atoms with Crippen LogP contribution in [0.2, 0.25) is 19.6 Å². The maximum atomic E-state index is 12.4. The number of hydrogen-bond acceptors (Lipinski definition) is 2. The molecule has 0 N–H and O–H groups in total. The predicted octanol–water partition coefficient (Wildman–Crippen LogP) is 2.83. The van der Waals surface area contributed by atoms with E-state index in [2.05, 4.69) is 36.7 Å². The molecule has 0 amide bonds. The van der Waals surface area contributed by atoms with Gasteiger partial charge in [-0.3, -0.25) is 9.69 Å². The molecule has 0 spiro atoms. The minimum Gasteiger partial charge on any atom is -0.295 e. The van der Waals surface area contributed by atoms with Crippen LogP contribution in [-0.2, 0) is 4.79 Å². The van der Waals surface area contributed by atoms with Gasteiger partial charge in [0, 0.05) is 6.54 Å². The van der Waals surface area contributed by atoms with Gasteiger partial charge < -0.3 is 0 Å². The van der Waals surface area contributed by atoms with Crippen molar-refractivity contribution in [3.8, 4) is 0 Å². The summed E-state index contributed by atoms with van der Waals surface area (Å²) in [5, 5.41) is 1.13. The van der Waals surface area contributed by atoms with Crippen LogP contribution in [0.4, 0.5) is 0 Å². The highest BCUT2D eigenvalue weighted by Crippen LogP contribution is 2.30. The SMILES string of the molecule is CN1CC(=O)C([Si](C)(C)C)=C(c2ccccc2)C1. The molecular formula is C15H21NOSi. The number of Topliss-reactive ketones (excluding diaryl/α,β-unsaturated/α-hetero) is 1. The average Bonchev–Trinajstić information content (AvgIpc) is 2.27. The van der Waals surface area contributed by atoms with E-state index in [0.29, 0.717) is 12.3 Å². The van der Waals surface area contributed by atoms with E-state index in [1.807, 2.05) is 25.2 Å². The molecule has 0 unspecified atom stereocenters. The molecule has 0 aromatic heterocycles. The van der Waals surface area contributed by atoms with E-state index in [1.165, 1.54) is 11.1 Å². The summed E-state index contributed by atoms with van der Waals surface area (Å²) in [6, 6.07) is 10.3. The first-order chi connectivity index (χ1) is 8.39. The summed E-state index contributed by atoms with van der Waals surface area (Å²) < 4.78 is 0. The van der Waals surface area contributed by atoms with E-state index in [9.17, 15) is 4.79 Å². The van der Waals surface area contributed by atoms with Crippen molar-refractivity contribution in [2.75, 3.05) is 20.1 Å². The highest BCUT2D eigenvalue weighted by atomic mass is 28.3. The highest BCUT2D eigenvalue weighted by molar-refractivity contribution is 6.88. The molecule has 0 atom stereocenters. The Morgan fingerprint density at radius 2 is 1.67 bits per heavy atom. The minimum absolute atomic E-state index is 0.321. The number of ketones is 1. The Hall–Kier alpha value is -1.19. The fourth-order valence-electron chi connectivity index (χ4n) is 2.64. The van der Waals surface area contributed by atoms with E-state index >= 15 is 0 Å². The Bertz CT molecular complexity index is 485. The number of rotatable bonds is 2. The molecule has 1 heterocycles. The Kier molecular flexibility index (Phi) is 3.55. The molecule has 2 rings (SSSR count). The second-order valence-corrected chi connectivity index (χ2v) is 11.1. The van der Waals surface area contributed by atoms with Gasteiger partial charge in [0.1, 0.15) is 0 Å². The van der Waals surface area contributed by atoms with Crippen LogP contribution in [0.3, 0.4) is 0 Å². The van der Waals surface area contributed by atoms with Crippen LogP contribution in [0.25, 0.3) is 5.57 Å². The number of likely N-dealkylation sites (N-methyl/N-ethyl adjacent to an activating group) is 1. The topological polar surface area (TPSA) is 20.3 Å². The van der Waals surface area contributed by atoms with Gasteiger partial charge in [0.15, 0.2) is 5.78 Å². The van der Waals surface area contributed by atoms with Crippen molar-refractivity contribution in [2.45, 2.75) is 19.6 Å². The molecule has 0 aliphatic carbocycles.